The number of aliphatic hydroxyl groups is 1. The first-order valence-electron chi connectivity index (χ1n) is 6.09. The third-order valence-corrected chi connectivity index (χ3v) is 3.52. The fourth-order valence-electron chi connectivity index (χ4n) is 2.60. The molecule has 0 amide bonds. The van der Waals surface area contributed by atoms with E-state index in [2.05, 4.69) is 5.32 Å². The predicted octanol–water partition coefficient (Wildman–Crippen LogP) is 1.47. The van der Waals surface area contributed by atoms with Crippen LogP contribution in [-0.4, -0.2) is 30.1 Å². The average molecular weight is 233 g/mol. The lowest BCUT2D eigenvalue weighted by Crippen LogP contribution is -2.45. The summed E-state index contributed by atoms with van der Waals surface area (Å²) in [6, 6.07) is 9.75. The van der Waals surface area contributed by atoms with Crippen molar-refractivity contribution in [2.75, 3.05) is 13.6 Å². The van der Waals surface area contributed by atoms with Crippen molar-refractivity contribution in [3.8, 4) is 0 Å². The average Bonchev–Trinajstić information content (AvgIpc) is 2.34. The van der Waals surface area contributed by atoms with Crippen LogP contribution in [0.1, 0.15) is 30.7 Å². The van der Waals surface area contributed by atoms with Gasteiger partial charge in [-0.3, -0.25) is 4.79 Å². The largest absolute Gasteiger partial charge is 0.389 e. The first kappa shape index (κ1) is 12.3. The minimum atomic E-state index is -0.747. The van der Waals surface area contributed by atoms with Gasteiger partial charge in [-0.05, 0) is 25.5 Å². The maximum absolute atomic E-state index is 12.0. The van der Waals surface area contributed by atoms with E-state index >= 15 is 0 Å². The third kappa shape index (κ3) is 2.73. The number of rotatable bonds is 3. The predicted molar refractivity (Wildman–Crippen MR) is 66.9 cm³/mol. The molecule has 1 aromatic carbocycles. The van der Waals surface area contributed by atoms with Gasteiger partial charge in [0.25, 0.3) is 0 Å². The van der Waals surface area contributed by atoms with Gasteiger partial charge in [-0.25, -0.2) is 0 Å². The molecule has 1 saturated carbocycles. The van der Waals surface area contributed by atoms with E-state index in [0.717, 1.165) is 5.56 Å². The van der Waals surface area contributed by atoms with E-state index in [1.165, 1.54) is 0 Å². The van der Waals surface area contributed by atoms with Crippen molar-refractivity contribution in [1.29, 1.82) is 0 Å². The second-order valence-corrected chi connectivity index (χ2v) is 4.89. The zero-order chi connectivity index (χ0) is 12.3. The molecular formula is C14H19NO2. The number of carbonyl (C=O) groups is 1. The molecule has 3 nitrogen and oxygen atoms in total. The summed E-state index contributed by atoms with van der Waals surface area (Å²) < 4.78 is 0. The monoisotopic (exact) mass is 233 g/mol. The molecule has 0 heterocycles. The number of Topliss-reactive ketones (excluding diaryl/α,β-unsaturated/α-hetero) is 1. The van der Waals surface area contributed by atoms with Crippen molar-refractivity contribution in [3.05, 3.63) is 35.9 Å². The van der Waals surface area contributed by atoms with Crippen molar-refractivity contribution in [2.45, 2.75) is 30.8 Å². The van der Waals surface area contributed by atoms with E-state index in [0.29, 0.717) is 25.8 Å². The number of hydrogen-bond acceptors (Lipinski definition) is 3. The van der Waals surface area contributed by atoms with Gasteiger partial charge in [0.2, 0.25) is 0 Å². The Bertz CT molecular complexity index is 390. The van der Waals surface area contributed by atoms with Crippen molar-refractivity contribution in [2.24, 2.45) is 0 Å². The van der Waals surface area contributed by atoms with Crippen LogP contribution in [-0.2, 0) is 4.79 Å². The summed E-state index contributed by atoms with van der Waals surface area (Å²) in [7, 11) is 1.83. The van der Waals surface area contributed by atoms with E-state index in [1.54, 1.807) is 0 Å². The van der Waals surface area contributed by atoms with E-state index in [9.17, 15) is 9.90 Å². The highest BCUT2D eigenvalue weighted by molar-refractivity contribution is 5.86. The Morgan fingerprint density at radius 2 is 2.12 bits per heavy atom. The van der Waals surface area contributed by atoms with Crippen LogP contribution >= 0.6 is 0 Å². The normalized spacial score (nSPS) is 29.3. The molecule has 2 unspecified atom stereocenters. The second kappa shape index (κ2) is 4.98. The van der Waals surface area contributed by atoms with Crippen LogP contribution in [0.2, 0.25) is 0 Å². The van der Waals surface area contributed by atoms with Crippen LogP contribution in [0.5, 0.6) is 0 Å². The molecular weight excluding hydrogens is 214 g/mol. The minimum absolute atomic E-state index is 0.150. The van der Waals surface area contributed by atoms with Gasteiger partial charge in [-0.15, -0.1) is 0 Å². The fourth-order valence-corrected chi connectivity index (χ4v) is 2.60. The molecule has 1 aromatic rings. The smallest absolute Gasteiger partial charge is 0.140 e. The molecule has 0 radical (unpaired) electrons. The van der Waals surface area contributed by atoms with Gasteiger partial charge >= 0.3 is 0 Å². The molecule has 0 bridgehead atoms. The summed E-state index contributed by atoms with van der Waals surface area (Å²) in [4.78, 5) is 12.0. The molecule has 0 aliphatic heterocycles. The first-order valence-corrected chi connectivity index (χ1v) is 6.09. The lowest BCUT2D eigenvalue weighted by molar-refractivity contribution is -0.127. The lowest BCUT2D eigenvalue weighted by Gasteiger charge is -2.36. The minimum Gasteiger partial charge on any atom is -0.389 e. The molecule has 2 N–H and O–H groups in total. The van der Waals surface area contributed by atoms with Gasteiger partial charge in [-0.2, -0.15) is 0 Å². The lowest BCUT2D eigenvalue weighted by atomic mass is 9.74. The molecule has 1 aliphatic rings. The van der Waals surface area contributed by atoms with Crippen LogP contribution in [0.25, 0.3) is 0 Å². The van der Waals surface area contributed by atoms with Crippen molar-refractivity contribution in [1.82, 2.24) is 5.32 Å². The molecule has 0 saturated heterocycles. The molecule has 1 fully saturated rings. The number of ketones is 1. The summed E-state index contributed by atoms with van der Waals surface area (Å²) >= 11 is 0. The van der Waals surface area contributed by atoms with Gasteiger partial charge in [0.05, 0.1) is 5.60 Å². The molecule has 92 valence electrons. The quantitative estimate of drug-likeness (QED) is 0.831. The highest BCUT2D eigenvalue weighted by atomic mass is 16.3. The van der Waals surface area contributed by atoms with E-state index < -0.39 is 5.60 Å². The molecule has 2 rings (SSSR count). The number of likely N-dealkylation sites (N-methyl/N-ethyl adjacent to an activating group) is 1. The zero-order valence-corrected chi connectivity index (χ0v) is 10.1. The molecule has 2 atom stereocenters. The molecule has 17 heavy (non-hydrogen) atoms. The third-order valence-electron chi connectivity index (χ3n) is 3.52. The summed E-state index contributed by atoms with van der Waals surface area (Å²) in [5, 5.41) is 13.4. The maximum Gasteiger partial charge on any atom is 0.140 e. The van der Waals surface area contributed by atoms with Gasteiger partial charge in [0.15, 0.2) is 0 Å². The topological polar surface area (TPSA) is 49.3 Å². The van der Waals surface area contributed by atoms with E-state index in [4.69, 9.17) is 0 Å². The molecule has 1 aliphatic carbocycles. The van der Waals surface area contributed by atoms with Crippen LogP contribution in [0.15, 0.2) is 30.3 Å². The van der Waals surface area contributed by atoms with Gasteiger partial charge in [0.1, 0.15) is 5.78 Å². The van der Waals surface area contributed by atoms with E-state index in [1.807, 2.05) is 37.4 Å². The summed E-state index contributed by atoms with van der Waals surface area (Å²) in [6.07, 6.45) is 1.56. The zero-order valence-electron chi connectivity index (χ0n) is 10.1. The Morgan fingerprint density at radius 1 is 1.41 bits per heavy atom. The SMILES string of the molecule is CNCC1(O)CCC(=O)C(c2ccccc2)C1. The number of carbonyl (C=O) groups excluding carboxylic acids is 1. The summed E-state index contributed by atoms with van der Waals surface area (Å²) in [5.74, 6) is 0.0975. The Balaban J connectivity index is 2.18. The first-order chi connectivity index (χ1) is 8.14. The fraction of sp³-hybridized carbons (Fsp3) is 0.500. The maximum atomic E-state index is 12.0. The second-order valence-electron chi connectivity index (χ2n) is 4.89. The highest BCUT2D eigenvalue weighted by Crippen LogP contribution is 2.35. The van der Waals surface area contributed by atoms with Crippen molar-refractivity contribution in [3.63, 3.8) is 0 Å². The number of nitrogens with one attached hydrogen (secondary N) is 1. The van der Waals surface area contributed by atoms with Crippen molar-refractivity contribution < 1.29 is 9.90 Å². The van der Waals surface area contributed by atoms with Gasteiger partial charge in [-0.1, -0.05) is 30.3 Å². The number of hydrogen-bond donors (Lipinski definition) is 2. The van der Waals surface area contributed by atoms with Crippen LogP contribution in [0.3, 0.4) is 0 Å². The van der Waals surface area contributed by atoms with Gasteiger partial charge in [0, 0.05) is 18.9 Å². The van der Waals surface area contributed by atoms with Crippen LogP contribution in [0, 0.1) is 0 Å². The standard InChI is InChI=1S/C14H19NO2/c1-15-10-14(17)8-7-13(16)12(9-14)11-5-3-2-4-6-11/h2-6,12,15,17H,7-10H2,1H3. The van der Waals surface area contributed by atoms with E-state index in [-0.39, 0.29) is 11.7 Å². The number of benzene rings is 1. The molecule has 3 heteroatoms. The Hall–Kier alpha value is -1.19. The van der Waals surface area contributed by atoms with Crippen LogP contribution in [0.4, 0.5) is 0 Å². The highest BCUT2D eigenvalue weighted by Gasteiger charge is 2.38. The van der Waals surface area contributed by atoms with Crippen LogP contribution < -0.4 is 5.32 Å². The van der Waals surface area contributed by atoms with Gasteiger partial charge < -0.3 is 10.4 Å². The van der Waals surface area contributed by atoms with Crippen molar-refractivity contribution >= 4 is 5.78 Å². The Morgan fingerprint density at radius 3 is 2.76 bits per heavy atom. The summed E-state index contributed by atoms with van der Waals surface area (Å²) in [5.41, 5.74) is 0.273. The Labute approximate surface area is 102 Å². The summed E-state index contributed by atoms with van der Waals surface area (Å²) in [6.45, 7) is 0.545. The Kier molecular flexibility index (Phi) is 3.60. The molecule has 0 spiro atoms. The molecule has 0 aromatic heterocycles.